The summed E-state index contributed by atoms with van der Waals surface area (Å²) in [5, 5.41) is 3.65. The molecule has 1 aliphatic heterocycles. The Morgan fingerprint density at radius 2 is 1.75 bits per heavy atom. The van der Waals surface area contributed by atoms with Crippen LogP contribution in [0.2, 0.25) is 0 Å². The van der Waals surface area contributed by atoms with Crippen molar-refractivity contribution in [1.29, 1.82) is 0 Å². The van der Waals surface area contributed by atoms with Crippen molar-refractivity contribution in [1.82, 2.24) is 10.2 Å². The third kappa shape index (κ3) is 4.06. The van der Waals surface area contributed by atoms with E-state index >= 15 is 0 Å². The average molecular weight is 226 g/mol. The van der Waals surface area contributed by atoms with Gasteiger partial charge < -0.3 is 5.32 Å². The van der Waals surface area contributed by atoms with Crippen molar-refractivity contribution in [2.24, 2.45) is 5.41 Å². The SMILES string of the molecule is CC(C)N(CCC1CC(C)(C)CN1)C(C)C. The van der Waals surface area contributed by atoms with Gasteiger partial charge in [-0.3, -0.25) is 4.90 Å². The Hall–Kier alpha value is -0.0800. The molecule has 0 aromatic rings. The fourth-order valence-electron chi connectivity index (χ4n) is 2.85. The Morgan fingerprint density at radius 3 is 2.12 bits per heavy atom. The minimum atomic E-state index is 0.505. The highest BCUT2D eigenvalue weighted by atomic mass is 15.2. The fraction of sp³-hybridized carbons (Fsp3) is 1.00. The maximum absolute atomic E-state index is 3.65. The normalized spacial score (nSPS) is 24.9. The van der Waals surface area contributed by atoms with Crippen LogP contribution in [0.4, 0.5) is 0 Å². The van der Waals surface area contributed by atoms with Crippen molar-refractivity contribution < 1.29 is 0 Å². The molecule has 1 aliphatic rings. The zero-order chi connectivity index (χ0) is 12.3. The molecule has 0 spiro atoms. The van der Waals surface area contributed by atoms with E-state index in [1.807, 2.05) is 0 Å². The summed E-state index contributed by atoms with van der Waals surface area (Å²) >= 11 is 0. The van der Waals surface area contributed by atoms with Gasteiger partial charge in [0.15, 0.2) is 0 Å². The molecule has 96 valence electrons. The van der Waals surface area contributed by atoms with Crippen molar-refractivity contribution in [3.63, 3.8) is 0 Å². The van der Waals surface area contributed by atoms with Gasteiger partial charge in [-0.05, 0) is 46.0 Å². The lowest BCUT2D eigenvalue weighted by atomic mass is 9.90. The molecule has 2 nitrogen and oxygen atoms in total. The van der Waals surface area contributed by atoms with E-state index in [-0.39, 0.29) is 0 Å². The number of hydrogen-bond donors (Lipinski definition) is 1. The standard InChI is InChI=1S/C14H30N2/c1-11(2)16(12(3)4)8-7-13-9-14(5,6)10-15-13/h11-13,15H,7-10H2,1-6H3. The van der Waals surface area contributed by atoms with E-state index in [4.69, 9.17) is 0 Å². The minimum absolute atomic E-state index is 0.505. The summed E-state index contributed by atoms with van der Waals surface area (Å²) in [7, 11) is 0. The summed E-state index contributed by atoms with van der Waals surface area (Å²) in [6, 6.07) is 2.05. The smallest absolute Gasteiger partial charge is 0.00850 e. The van der Waals surface area contributed by atoms with Crippen LogP contribution in [0.3, 0.4) is 0 Å². The molecule has 1 heterocycles. The summed E-state index contributed by atoms with van der Waals surface area (Å²) in [4.78, 5) is 2.59. The zero-order valence-electron chi connectivity index (χ0n) is 12.0. The molecule has 1 saturated heterocycles. The van der Waals surface area contributed by atoms with Gasteiger partial charge in [-0.1, -0.05) is 13.8 Å². The van der Waals surface area contributed by atoms with Gasteiger partial charge in [-0.2, -0.15) is 0 Å². The van der Waals surface area contributed by atoms with Gasteiger partial charge in [0.1, 0.15) is 0 Å². The molecule has 0 aromatic heterocycles. The highest BCUT2D eigenvalue weighted by Crippen LogP contribution is 2.28. The molecule has 0 radical (unpaired) electrons. The highest BCUT2D eigenvalue weighted by molar-refractivity contribution is 4.88. The Bertz CT molecular complexity index is 201. The zero-order valence-corrected chi connectivity index (χ0v) is 12.0. The van der Waals surface area contributed by atoms with Crippen LogP contribution in [0.1, 0.15) is 54.4 Å². The van der Waals surface area contributed by atoms with Crippen LogP contribution in [-0.2, 0) is 0 Å². The monoisotopic (exact) mass is 226 g/mol. The van der Waals surface area contributed by atoms with Gasteiger partial charge in [-0.25, -0.2) is 0 Å². The molecule has 1 atom stereocenters. The van der Waals surface area contributed by atoms with Crippen LogP contribution in [0.5, 0.6) is 0 Å². The van der Waals surface area contributed by atoms with Crippen LogP contribution in [0.25, 0.3) is 0 Å². The largest absolute Gasteiger partial charge is 0.313 e. The molecular weight excluding hydrogens is 196 g/mol. The van der Waals surface area contributed by atoms with Crippen molar-refractivity contribution in [2.45, 2.75) is 72.5 Å². The second-order valence-corrected chi connectivity index (χ2v) is 6.66. The first kappa shape index (κ1) is 14.0. The molecule has 0 aliphatic carbocycles. The molecule has 1 N–H and O–H groups in total. The molecule has 1 rings (SSSR count). The van der Waals surface area contributed by atoms with E-state index in [9.17, 15) is 0 Å². The molecule has 2 heteroatoms. The lowest BCUT2D eigenvalue weighted by molar-refractivity contribution is 0.166. The minimum Gasteiger partial charge on any atom is -0.313 e. The lowest BCUT2D eigenvalue weighted by Gasteiger charge is -2.31. The van der Waals surface area contributed by atoms with E-state index in [0.717, 1.165) is 6.04 Å². The fourth-order valence-corrected chi connectivity index (χ4v) is 2.85. The average Bonchev–Trinajstić information content (AvgIpc) is 2.44. The van der Waals surface area contributed by atoms with Crippen molar-refractivity contribution in [3.8, 4) is 0 Å². The van der Waals surface area contributed by atoms with E-state index in [1.165, 1.54) is 25.9 Å². The van der Waals surface area contributed by atoms with Gasteiger partial charge in [0.2, 0.25) is 0 Å². The third-order valence-corrected chi connectivity index (χ3v) is 3.73. The third-order valence-electron chi connectivity index (χ3n) is 3.73. The summed E-state index contributed by atoms with van der Waals surface area (Å²) in [5.41, 5.74) is 0.505. The molecule has 0 saturated carbocycles. The Labute approximate surface area is 102 Å². The maximum Gasteiger partial charge on any atom is 0.00850 e. The molecular formula is C14H30N2. The number of nitrogens with one attached hydrogen (secondary N) is 1. The number of hydrogen-bond acceptors (Lipinski definition) is 2. The van der Waals surface area contributed by atoms with E-state index < -0.39 is 0 Å². The number of rotatable bonds is 5. The van der Waals surface area contributed by atoms with Gasteiger partial charge in [0, 0.05) is 31.2 Å². The van der Waals surface area contributed by atoms with Crippen LogP contribution in [0.15, 0.2) is 0 Å². The van der Waals surface area contributed by atoms with Crippen LogP contribution < -0.4 is 5.32 Å². The number of nitrogens with zero attached hydrogens (tertiary/aromatic N) is 1. The molecule has 16 heavy (non-hydrogen) atoms. The summed E-state index contributed by atoms with van der Waals surface area (Å²) in [6.45, 7) is 16.3. The van der Waals surface area contributed by atoms with Crippen LogP contribution in [-0.4, -0.2) is 36.1 Å². The maximum atomic E-state index is 3.65. The quantitative estimate of drug-likeness (QED) is 0.775. The van der Waals surface area contributed by atoms with E-state index in [2.05, 4.69) is 51.8 Å². The van der Waals surface area contributed by atoms with Crippen LogP contribution in [0, 0.1) is 5.41 Å². The second-order valence-electron chi connectivity index (χ2n) is 6.66. The lowest BCUT2D eigenvalue weighted by Crippen LogP contribution is -2.39. The molecule has 0 amide bonds. The Kier molecular flexibility index (Phi) is 4.81. The van der Waals surface area contributed by atoms with Gasteiger partial charge >= 0.3 is 0 Å². The molecule has 1 unspecified atom stereocenters. The molecule has 0 aromatic carbocycles. The first-order valence-corrected chi connectivity index (χ1v) is 6.81. The van der Waals surface area contributed by atoms with Gasteiger partial charge in [0.05, 0.1) is 0 Å². The topological polar surface area (TPSA) is 15.3 Å². The Balaban J connectivity index is 2.34. The molecule has 1 fully saturated rings. The predicted molar refractivity (Wildman–Crippen MR) is 71.8 cm³/mol. The van der Waals surface area contributed by atoms with Gasteiger partial charge in [0.25, 0.3) is 0 Å². The molecule has 0 bridgehead atoms. The van der Waals surface area contributed by atoms with Crippen LogP contribution >= 0.6 is 0 Å². The summed E-state index contributed by atoms with van der Waals surface area (Å²) < 4.78 is 0. The summed E-state index contributed by atoms with van der Waals surface area (Å²) in [6.07, 6.45) is 2.62. The van der Waals surface area contributed by atoms with Crippen molar-refractivity contribution in [2.75, 3.05) is 13.1 Å². The first-order chi connectivity index (χ1) is 7.32. The van der Waals surface area contributed by atoms with Gasteiger partial charge in [-0.15, -0.1) is 0 Å². The predicted octanol–water partition coefficient (Wildman–Crippen LogP) is 2.88. The highest BCUT2D eigenvalue weighted by Gasteiger charge is 2.30. The van der Waals surface area contributed by atoms with Crippen molar-refractivity contribution in [3.05, 3.63) is 0 Å². The summed E-state index contributed by atoms with van der Waals surface area (Å²) in [5.74, 6) is 0. The van der Waals surface area contributed by atoms with Crippen molar-refractivity contribution >= 4 is 0 Å². The first-order valence-electron chi connectivity index (χ1n) is 6.81. The Morgan fingerprint density at radius 1 is 1.19 bits per heavy atom. The van der Waals surface area contributed by atoms with E-state index in [1.54, 1.807) is 0 Å². The van der Waals surface area contributed by atoms with E-state index in [0.29, 0.717) is 17.5 Å². The second kappa shape index (κ2) is 5.50.